The second-order valence-electron chi connectivity index (χ2n) is 6.36. The molecule has 25 heavy (non-hydrogen) atoms. The van der Waals surface area contributed by atoms with Gasteiger partial charge in [0.1, 0.15) is 0 Å². The summed E-state index contributed by atoms with van der Waals surface area (Å²) in [6.07, 6.45) is 1.23. The Morgan fingerprint density at radius 3 is 2.80 bits per heavy atom. The van der Waals surface area contributed by atoms with E-state index in [2.05, 4.69) is 40.5 Å². The fourth-order valence-electron chi connectivity index (χ4n) is 3.22. The van der Waals surface area contributed by atoms with Crippen LogP contribution in [0.1, 0.15) is 17.9 Å². The summed E-state index contributed by atoms with van der Waals surface area (Å²) in [7, 11) is -2.87. The monoisotopic (exact) mass is 374 g/mol. The molecule has 0 radical (unpaired) electrons. The van der Waals surface area contributed by atoms with Gasteiger partial charge in [0.25, 0.3) is 5.22 Å². The molecular weight excluding hydrogens is 356 g/mol. The van der Waals surface area contributed by atoms with Crippen LogP contribution in [0.25, 0.3) is 10.8 Å². The van der Waals surface area contributed by atoms with E-state index in [-0.39, 0.29) is 17.4 Å². The summed E-state index contributed by atoms with van der Waals surface area (Å²) >= 11 is 1.51. The number of rotatable bonds is 5. The molecule has 2 aromatic carbocycles. The molecule has 0 N–H and O–H groups in total. The van der Waals surface area contributed by atoms with Gasteiger partial charge in [-0.15, -0.1) is 10.2 Å². The van der Waals surface area contributed by atoms with Gasteiger partial charge in [-0.3, -0.25) is 0 Å². The van der Waals surface area contributed by atoms with Crippen LogP contribution in [-0.4, -0.2) is 30.1 Å². The second kappa shape index (κ2) is 6.80. The van der Waals surface area contributed by atoms with E-state index in [4.69, 9.17) is 4.42 Å². The third-order valence-corrected chi connectivity index (χ3v) is 7.17. The standard InChI is InChI=1S/C18H18N2O3S2/c21-25(22)9-8-13(12-25)10-17-19-20-18(23-17)24-11-15-6-3-5-14-4-1-2-7-16(14)15/h1-7,13H,8-12H2/t13-/m1/s1. The molecule has 1 saturated heterocycles. The third-order valence-electron chi connectivity index (χ3n) is 4.47. The van der Waals surface area contributed by atoms with Crippen LogP contribution in [0, 0.1) is 5.92 Å². The lowest BCUT2D eigenvalue weighted by atomic mass is 10.1. The van der Waals surface area contributed by atoms with Crippen molar-refractivity contribution in [1.82, 2.24) is 10.2 Å². The van der Waals surface area contributed by atoms with Gasteiger partial charge in [0, 0.05) is 12.2 Å². The Hall–Kier alpha value is -1.86. The van der Waals surface area contributed by atoms with Crippen molar-refractivity contribution in [3.63, 3.8) is 0 Å². The van der Waals surface area contributed by atoms with Crippen LogP contribution in [0.4, 0.5) is 0 Å². The summed E-state index contributed by atoms with van der Waals surface area (Å²) in [5, 5.41) is 11.1. The van der Waals surface area contributed by atoms with E-state index in [0.29, 0.717) is 24.0 Å². The lowest BCUT2D eigenvalue weighted by Gasteiger charge is -2.04. The molecule has 0 saturated carbocycles. The predicted molar refractivity (Wildman–Crippen MR) is 98.3 cm³/mol. The van der Waals surface area contributed by atoms with E-state index in [9.17, 15) is 8.42 Å². The second-order valence-corrected chi connectivity index (χ2v) is 9.52. The first kappa shape index (κ1) is 16.6. The molecule has 1 aliphatic heterocycles. The smallest absolute Gasteiger partial charge is 0.276 e. The summed E-state index contributed by atoms with van der Waals surface area (Å²) in [6.45, 7) is 0. The number of fused-ring (bicyclic) bond motifs is 1. The third kappa shape index (κ3) is 3.88. The molecule has 0 amide bonds. The summed E-state index contributed by atoms with van der Waals surface area (Å²) in [5.41, 5.74) is 1.23. The molecule has 1 aliphatic rings. The number of sulfone groups is 1. The van der Waals surface area contributed by atoms with Gasteiger partial charge in [0.2, 0.25) is 5.89 Å². The minimum absolute atomic E-state index is 0.0985. The van der Waals surface area contributed by atoms with Crippen LogP contribution in [-0.2, 0) is 22.0 Å². The Morgan fingerprint density at radius 2 is 1.96 bits per heavy atom. The highest BCUT2D eigenvalue weighted by Crippen LogP contribution is 2.28. The first-order valence-electron chi connectivity index (χ1n) is 8.21. The number of nitrogens with zero attached hydrogens (tertiary/aromatic N) is 2. The van der Waals surface area contributed by atoms with E-state index < -0.39 is 9.84 Å². The molecule has 1 atom stereocenters. The van der Waals surface area contributed by atoms with Crippen LogP contribution in [0.2, 0.25) is 0 Å². The molecule has 5 nitrogen and oxygen atoms in total. The van der Waals surface area contributed by atoms with Crippen molar-refractivity contribution in [1.29, 1.82) is 0 Å². The normalized spacial score (nSPS) is 19.4. The quantitative estimate of drug-likeness (QED) is 0.637. The van der Waals surface area contributed by atoms with Crippen LogP contribution < -0.4 is 0 Å². The van der Waals surface area contributed by atoms with E-state index in [1.807, 2.05) is 12.1 Å². The highest BCUT2D eigenvalue weighted by atomic mass is 32.2. The highest BCUT2D eigenvalue weighted by molar-refractivity contribution is 7.98. The maximum Gasteiger partial charge on any atom is 0.276 e. The molecular formula is C18H18N2O3S2. The van der Waals surface area contributed by atoms with Crippen LogP contribution >= 0.6 is 11.8 Å². The van der Waals surface area contributed by atoms with E-state index >= 15 is 0 Å². The lowest BCUT2D eigenvalue weighted by Crippen LogP contribution is -2.07. The molecule has 4 rings (SSSR count). The molecule has 0 spiro atoms. The minimum Gasteiger partial charge on any atom is -0.416 e. The lowest BCUT2D eigenvalue weighted by molar-refractivity contribution is 0.389. The Balaban J connectivity index is 1.41. The molecule has 3 aromatic rings. The van der Waals surface area contributed by atoms with Gasteiger partial charge in [-0.25, -0.2) is 8.42 Å². The highest BCUT2D eigenvalue weighted by Gasteiger charge is 2.29. The number of aromatic nitrogens is 2. The van der Waals surface area contributed by atoms with Crippen LogP contribution in [0.3, 0.4) is 0 Å². The number of hydrogen-bond donors (Lipinski definition) is 0. The molecule has 1 aromatic heterocycles. The average Bonchev–Trinajstić information content (AvgIpc) is 3.19. The predicted octanol–water partition coefficient (Wildman–Crippen LogP) is 3.49. The summed E-state index contributed by atoms with van der Waals surface area (Å²) in [6, 6.07) is 14.6. The zero-order chi connectivity index (χ0) is 17.3. The topological polar surface area (TPSA) is 73.1 Å². The molecule has 1 fully saturated rings. The van der Waals surface area contributed by atoms with E-state index in [0.717, 1.165) is 5.75 Å². The molecule has 0 aliphatic carbocycles. The number of hydrogen-bond acceptors (Lipinski definition) is 6. The van der Waals surface area contributed by atoms with Crippen molar-refractivity contribution < 1.29 is 12.8 Å². The van der Waals surface area contributed by atoms with Crippen molar-refractivity contribution in [2.75, 3.05) is 11.5 Å². The molecule has 130 valence electrons. The Kier molecular flexibility index (Phi) is 4.52. The van der Waals surface area contributed by atoms with E-state index in [1.54, 1.807) is 0 Å². The Bertz CT molecular complexity index is 993. The molecule has 2 heterocycles. The van der Waals surface area contributed by atoms with Gasteiger partial charge in [-0.2, -0.15) is 0 Å². The van der Waals surface area contributed by atoms with Gasteiger partial charge >= 0.3 is 0 Å². The van der Waals surface area contributed by atoms with Crippen molar-refractivity contribution in [3.05, 3.63) is 53.9 Å². The SMILES string of the molecule is O=S1(=O)CC[C@H](Cc2nnc(SCc3cccc4ccccc34)o2)C1. The fraction of sp³-hybridized carbons (Fsp3) is 0.333. The number of benzene rings is 2. The maximum atomic E-state index is 11.5. The van der Waals surface area contributed by atoms with Gasteiger partial charge < -0.3 is 4.42 Å². The Labute approximate surface area is 150 Å². The Morgan fingerprint density at radius 1 is 1.12 bits per heavy atom. The maximum absolute atomic E-state index is 11.5. The van der Waals surface area contributed by atoms with Crippen molar-refractivity contribution in [2.45, 2.75) is 23.8 Å². The fourth-order valence-corrected chi connectivity index (χ4v) is 5.86. The number of thioether (sulfide) groups is 1. The van der Waals surface area contributed by atoms with Crippen LogP contribution in [0.5, 0.6) is 0 Å². The van der Waals surface area contributed by atoms with Crippen LogP contribution in [0.15, 0.2) is 52.1 Å². The summed E-state index contributed by atoms with van der Waals surface area (Å²) in [4.78, 5) is 0. The van der Waals surface area contributed by atoms with Gasteiger partial charge in [-0.1, -0.05) is 54.2 Å². The van der Waals surface area contributed by atoms with Gasteiger partial charge in [0.15, 0.2) is 9.84 Å². The molecule has 0 unspecified atom stereocenters. The first-order valence-corrected chi connectivity index (χ1v) is 11.0. The molecule has 7 heteroatoms. The summed E-state index contributed by atoms with van der Waals surface area (Å²) < 4.78 is 28.8. The molecule has 0 bridgehead atoms. The zero-order valence-corrected chi connectivity index (χ0v) is 15.2. The average molecular weight is 374 g/mol. The van der Waals surface area contributed by atoms with Gasteiger partial charge in [-0.05, 0) is 28.7 Å². The van der Waals surface area contributed by atoms with Crippen molar-refractivity contribution in [3.8, 4) is 0 Å². The first-order chi connectivity index (χ1) is 12.1. The minimum atomic E-state index is -2.87. The zero-order valence-electron chi connectivity index (χ0n) is 13.6. The largest absolute Gasteiger partial charge is 0.416 e. The van der Waals surface area contributed by atoms with E-state index in [1.165, 1.54) is 28.1 Å². The van der Waals surface area contributed by atoms with Gasteiger partial charge in [0.05, 0.1) is 11.5 Å². The van der Waals surface area contributed by atoms with Crippen molar-refractivity contribution in [2.24, 2.45) is 5.92 Å². The van der Waals surface area contributed by atoms with Crippen molar-refractivity contribution >= 4 is 32.4 Å². The summed E-state index contributed by atoms with van der Waals surface area (Å²) in [5.74, 6) is 1.88.